The van der Waals surface area contributed by atoms with Gasteiger partial charge in [0.25, 0.3) is 5.91 Å². The molecule has 2 aromatic rings. The highest BCUT2D eigenvalue weighted by Crippen LogP contribution is 2.30. The van der Waals surface area contributed by atoms with Gasteiger partial charge in [-0.2, -0.15) is 5.10 Å². The molecular formula is C19H24N4O3. The average Bonchev–Trinajstić information content (AvgIpc) is 3.08. The number of carbonyl (C=O) groups excluding carboxylic acids is 2. The molecule has 138 valence electrons. The van der Waals surface area contributed by atoms with Crippen molar-refractivity contribution in [1.82, 2.24) is 9.78 Å². The number of carbonyl (C=O) groups is 2. The van der Waals surface area contributed by atoms with Crippen molar-refractivity contribution < 1.29 is 14.3 Å². The average molecular weight is 356 g/mol. The number of nitrogens with one attached hydrogen (secondary N) is 1. The van der Waals surface area contributed by atoms with Gasteiger partial charge in [-0.25, -0.2) is 0 Å². The SMILES string of the molecule is COC(=O)Cc1ccc(Nc2nn(C3CCCCC3)cc2C(N)=O)cc1. The normalized spacial score (nSPS) is 14.8. The number of hydrogen-bond donors (Lipinski definition) is 2. The van der Waals surface area contributed by atoms with Gasteiger partial charge in [0.15, 0.2) is 5.82 Å². The van der Waals surface area contributed by atoms with Gasteiger partial charge in [-0.15, -0.1) is 0 Å². The fourth-order valence-electron chi connectivity index (χ4n) is 3.28. The molecule has 1 aliphatic carbocycles. The minimum atomic E-state index is -0.503. The third-order valence-corrected chi connectivity index (χ3v) is 4.74. The zero-order valence-electron chi connectivity index (χ0n) is 14.9. The van der Waals surface area contributed by atoms with Gasteiger partial charge in [-0.1, -0.05) is 31.4 Å². The van der Waals surface area contributed by atoms with Gasteiger partial charge >= 0.3 is 5.97 Å². The van der Waals surface area contributed by atoms with E-state index in [1.165, 1.54) is 26.4 Å². The summed E-state index contributed by atoms with van der Waals surface area (Å²) in [6, 6.07) is 7.66. The molecule has 1 amide bonds. The number of amides is 1. The summed E-state index contributed by atoms with van der Waals surface area (Å²) in [4.78, 5) is 23.1. The Balaban J connectivity index is 1.76. The molecule has 1 aromatic heterocycles. The lowest BCUT2D eigenvalue weighted by Crippen LogP contribution is -2.14. The van der Waals surface area contributed by atoms with E-state index < -0.39 is 5.91 Å². The first-order valence-corrected chi connectivity index (χ1v) is 8.88. The Bertz CT molecular complexity index is 777. The zero-order valence-corrected chi connectivity index (χ0v) is 14.9. The number of esters is 1. The van der Waals surface area contributed by atoms with Gasteiger partial charge < -0.3 is 15.8 Å². The van der Waals surface area contributed by atoms with Crippen molar-refractivity contribution in [1.29, 1.82) is 0 Å². The zero-order chi connectivity index (χ0) is 18.5. The van der Waals surface area contributed by atoms with Crippen LogP contribution in [0.5, 0.6) is 0 Å². The van der Waals surface area contributed by atoms with Gasteiger partial charge in [0, 0.05) is 11.9 Å². The molecule has 7 heteroatoms. The van der Waals surface area contributed by atoms with Crippen LogP contribution in [0.25, 0.3) is 0 Å². The first-order chi connectivity index (χ1) is 12.6. The maximum atomic E-state index is 11.8. The van der Waals surface area contributed by atoms with Gasteiger partial charge in [0.2, 0.25) is 0 Å². The molecule has 26 heavy (non-hydrogen) atoms. The Hall–Kier alpha value is -2.83. The molecule has 1 fully saturated rings. The van der Waals surface area contributed by atoms with Crippen LogP contribution in [0.3, 0.4) is 0 Å². The molecule has 3 N–H and O–H groups in total. The van der Waals surface area contributed by atoms with E-state index >= 15 is 0 Å². The van der Waals surface area contributed by atoms with Crippen LogP contribution < -0.4 is 11.1 Å². The predicted octanol–water partition coefficient (Wildman–Crippen LogP) is 2.95. The molecule has 0 atom stereocenters. The second kappa shape index (κ2) is 8.03. The minimum absolute atomic E-state index is 0.222. The summed E-state index contributed by atoms with van der Waals surface area (Å²) in [5, 5.41) is 7.72. The van der Waals surface area contributed by atoms with E-state index in [1.54, 1.807) is 6.20 Å². The second-order valence-corrected chi connectivity index (χ2v) is 6.60. The number of primary amides is 1. The molecule has 0 spiro atoms. The second-order valence-electron chi connectivity index (χ2n) is 6.60. The van der Waals surface area contributed by atoms with Crippen LogP contribution in [0.2, 0.25) is 0 Å². The topological polar surface area (TPSA) is 99.2 Å². The fraction of sp³-hybridized carbons (Fsp3) is 0.421. The summed E-state index contributed by atoms with van der Waals surface area (Å²) in [5.74, 6) is -0.325. The van der Waals surface area contributed by atoms with Crippen LogP contribution in [-0.2, 0) is 16.0 Å². The molecule has 0 radical (unpaired) electrons. The van der Waals surface area contributed by atoms with Crippen LogP contribution in [0.1, 0.15) is 54.1 Å². The van der Waals surface area contributed by atoms with Crippen LogP contribution in [0.15, 0.2) is 30.5 Å². The van der Waals surface area contributed by atoms with Gasteiger partial charge in [0.1, 0.15) is 5.56 Å². The quantitative estimate of drug-likeness (QED) is 0.775. The Kier molecular flexibility index (Phi) is 5.55. The Morgan fingerprint density at radius 2 is 1.92 bits per heavy atom. The molecule has 0 bridgehead atoms. The maximum absolute atomic E-state index is 11.8. The monoisotopic (exact) mass is 356 g/mol. The van der Waals surface area contributed by atoms with Crippen LogP contribution >= 0.6 is 0 Å². The van der Waals surface area contributed by atoms with E-state index in [4.69, 9.17) is 5.73 Å². The van der Waals surface area contributed by atoms with Crippen LogP contribution in [-0.4, -0.2) is 28.8 Å². The Morgan fingerprint density at radius 3 is 2.54 bits per heavy atom. The first kappa shape index (κ1) is 18.0. The van der Waals surface area contributed by atoms with E-state index in [9.17, 15) is 9.59 Å². The molecule has 0 unspecified atom stereocenters. The van der Waals surface area contributed by atoms with E-state index in [1.807, 2.05) is 28.9 Å². The van der Waals surface area contributed by atoms with Crippen LogP contribution in [0.4, 0.5) is 11.5 Å². The summed E-state index contributed by atoms with van der Waals surface area (Å²) >= 11 is 0. The minimum Gasteiger partial charge on any atom is -0.469 e. The number of nitrogens with two attached hydrogens (primary N) is 1. The predicted molar refractivity (Wildman–Crippen MR) is 98.3 cm³/mol. The molecule has 1 aromatic carbocycles. The van der Waals surface area contributed by atoms with Gasteiger partial charge in [-0.3, -0.25) is 14.3 Å². The maximum Gasteiger partial charge on any atom is 0.309 e. The summed E-state index contributed by atoms with van der Waals surface area (Å²) in [7, 11) is 1.37. The molecule has 0 saturated heterocycles. The molecule has 1 aliphatic rings. The lowest BCUT2D eigenvalue weighted by molar-refractivity contribution is -0.139. The first-order valence-electron chi connectivity index (χ1n) is 8.88. The number of ether oxygens (including phenoxy) is 1. The lowest BCUT2D eigenvalue weighted by atomic mass is 9.96. The van der Waals surface area contributed by atoms with Gasteiger partial charge in [-0.05, 0) is 30.5 Å². The third-order valence-electron chi connectivity index (χ3n) is 4.74. The van der Waals surface area contributed by atoms with Crippen molar-refractivity contribution in [3.63, 3.8) is 0 Å². The standard InChI is InChI=1S/C19H24N4O3/c1-26-17(24)11-13-7-9-14(10-8-13)21-19-16(18(20)25)12-23(22-19)15-5-3-2-4-6-15/h7-10,12,15H,2-6,11H2,1H3,(H2,20,25)(H,21,22). The molecule has 1 heterocycles. The molecule has 7 nitrogen and oxygen atoms in total. The highest BCUT2D eigenvalue weighted by molar-refractivity contribution is 5.98. The summed E-state index contributed by atoms with van der Waals surface area (Å²) < 4.78 is 6.53. The number of anilines is 2. The van der Waals surface area contributed by atoms with Crippen molar-refractivity contribution >= 4 is 23.4 Å². The number of benzene rings is 1. The van der Waals surface area contributed by atoms with Crippen molar-refractivity contribution in [3.8, 4) is 0 Å². The van der Waals surface area contributed by atoms with E-state index in [0.717, 1.165) is 24.1 Å². The molecule has 0 aliphatic heterocycles. The summed E-state index contributed by atoms with van der Waals surface area (Å²) in [6.07, 6.45) is 7.72. The van der Waals surface area contributed by atoms with E-state index in [-0.39, 0.29) is 12.4 Å². The number of nitrogens with zero attached hydrogens (tertiary/aromatic N) is 2. The van der Waals surface area contributed by atoms with Crippen molar-refractivity contribution in [2.75, 3.05) is 12.4 Å². The van der Waals surface area contributed by atoms with Crippen molar-refractivity contribution in [2.45, 2.75) is 44.6 Å². The smallest absolute Gasteiger partial charge is 0.309 e. The highest BCUT2D eigenvalue weighted by atomic mass is 16.5. The Morgan fingerprint density at radius 1 is 1.23 bits per heavy atom. The van der Waals surface area contributed by atoms with Crippen molar-refractivity contribution in [2.24, 2.45) is 5.73 Å². The summed E-state index contributed by atoms with van der Waals surface area (Å²) in [5.41, 5.74) is 7.53. The lowest BCUT2D eigenvalue weighted by Gasteiger charge is -2.21. The highest BCUT2D eigenvalue weighted by Gasteiger charge is 2.21. The van der Waals surface area contributed by atoms with E-state index in [0.29, 0.717) is 17.4 Å². The third kappa shape index (κ3) is 4.22. The Labute approximate surface area is 152 Å². The largest absolute Gasteiger partial charge is 0.469 e. The van der Waals surface area contributed by atoms with Gasteiger partial charge in [0.05, 0.1) is 19.6 Å². The number of hydrogen-bond acceptors (Lipinski definition) is 5. The number of methoxy groups -OCH3 is 1. The summed E-state index contributed by atoms with van der Waals surface area (Å²) in [6.45, 7) is 0. The number of rotatable bonds is 6. The molecule has 3 rings (SSSR count). The fourth-order valence-corrected chi connectivity index (χ4v) is 3.28. The number of aromatic nitrogens is 2. The molecular weight excluding hydrogens is 332 g/mol. The molecule has 1 saturated carbocycles. The van der Waals surface area contributed by atoms with E-state index in [2.05, 4.69) is 15.2 Å². The van der Waals surface area contributed by atoms with Crippen molar-refractivity contribution in [3.05, 3.63) is 41.6 Å². The van der Waals surface area contributed by atoms with Crippen LogP contribution in [0, 0.1) is 0 Å².